The number of nitrogens with zero attached hydrogens (tertiary/aromatic N) is 1. The summed E-state index contributed by atoms with van der Waals surface area (Å²) in [4.78, 5) is 12.9. The van der Waals surface area contributed by atoms with Gasteiger partial charge in [-0.25, -0.2) is 0 Å². The fourth-order valence-electron chi connectivity index (χ4n) is 3.65. The fourth-order valence-corrected chi connectivity index (χ4v) is 3.65. The van der Waals surface area contributed by atoms with Gasteiger partial charge in [-0.15, -0.1) is 0 Å². The normalized spacial score (nSPS) is 15.2. The molecule has 3 aromatic rings. The number of pyridine rings is 1. The maximum absolute atomic E-state index is 12.9. The quantitative estimate of drug-likeness (QED) is 0.714. The second-order valence-electron chi connectivity index (χ2n) is 7.96. The van der Waals surface area contributed by atoms with Gasteiger partial charge in [0, 0.05) is 30.1 Å². The molecule has 1 aliphatic heterocycles. The summed E-state index contributed by atoms with van der Waals surface area (Å²) in [5, 5.41) is 3.55. The first-order chi connectivity index (χ1) is 12.4. The van der Waals surface area contributed by atoms with Crippen molar-refractivity contribution in [2.45, 2.75) is 27.3 Å². The van der Waals surface area contributed by atoms with E-state index in [0.29, 0.717) is 0 Å². The Morgan fingerprint density at radius 1 is 0.962 bits per heavy atom. The minimum atomic E-state index is 0.0509. The van der Waals surface area contributed by atoms with Gasteiger partial charge < -0.3 is 5.32 Å². The van der Waals surface area contributed by atoms with Gasteiger partial charge in [-0.1, -0.05) is 74.0 Å². The molecule has 0 unspecified atom stereocenters. The molecule has 0 amide bonds. The first kappa shape index (κ1) is 16.6. The lowest BCUT2D eigenvalue weighted by molar-refractivity contribution is 0.306. The molecule has 132 valence electrons. The zero-order chi connectivity index (χ0) is 18.3. The van der Waals surface area contributed by atoms with Crippen molar-refractivity contribution in [2.75, 3.05) is 11.9 Å². The highest BCUT2D eigenvalue weighted by atomic mass is 16.1. The van der Waals surface area contributed by atoms with Gasteiger partial charge in [0.05, 0.1) is 0 Å². The maximum atomic E-state index is 12.9. The summed E-state index contributed by atoms with van der Waals surface area (Å²) in [6.45, 7) is 8.04. The molecule has 1 aromatic heterocycles. The van der Waals surface area contributed by atoms with E-state index >= 15 is 0 Å². The summed E-state index contributed by atoms with van der Waals surface area (Å²) < 4.78 is 1.89. The van der Waals surface area contributed by atoms with Crippen LogP contribution in [0.5, 0.6) is 0 Å². The van der Waals surface area contributed by atoms with E-state index in [1.165, 1.54) is 5.56 Å². The Balaban J connectivity index is 2.02. The molecule has 0 radical (unpaired) electrons. The number of hydrogen-bond donors (Lipinski definition) is 1. The van der Waals surface area contributed by atoms with E-state index < -0.39 is 0 Å². The van der Waals surface area contributed by atoms with Crippen LogP contribution in [-0.2, 0) is 6.54 Å². The van der Waals surface area contributed by atoms with Crippen molar-refractivity contribution in [2.24, 2.45) is 5.41 Å². The minimum Gasteiger partial charge on any atom is -0.370 e. The summed E-state index contributed by atoms with van der Waals surface area (Å²) in [7, 11) is 0. The molecule has 2 aromatic carbocycles. The third-order valence-corrected chi connectivity index (χ3v) is 5.06. The van der Waals surface area contributed by atoms with Gasteiger partial charge in [0.1, 0.15) is 5.82 Å². The molecule has 0 fully saturated rings. The molecular weight excluding hydrogens is 320 g/mol. The summed E-state index contributed by atoms with van der Waals surface area (Å²) in [6.07, 6.45) is 0. The van der Waals surface area contributed by atoms with Crippen LogP contribution in [0, 0.1) is 12.3 Å². The smallest absolute Gasteiger partial charge is 0.252 e. The van der Waals surface area contributed by atoms with Crippen LogP contribution < -0.4 is 10.9 Å². The van der Waals surface area contributed by atoms with E-state index in [-0.39, 0.29) is 11.0 Å². The molecule has 0 bridgehead atoms. The number of fused-ring (bicyclic) bond motifs is 1. The maximum Gasteiger partial charge on any atom is 0.252 e. The minimum absolute atomic E-state index is 0.0509. The summed E-state index contributed by atoms with van der Waals surface area (Å²) in [5.41, 5.74) is 5.61. The van der Waals surface area contributed by atoms with Crippen molar-refractivity contribution in [3.63, 3.8) is 0 Å². The molecule has 0 spiro atoms. The van der Waals surface area contributed by atoms with Crippen LogP contribution in [0.15, 0.2) is 65.5 Å². The summed E-state index contributed by atoms with van der Waals surface area (Å²) >= 11 is 0. The van der Waals surface area contributed by atoms with E-state index in [4.69, 9.17) is 0 Å². The van der Waals surface area contributed by atoms with Crippen molar-refractivity contribution in [3.05, 3.63) is 76.6 Å². The lowest BCUT2D eigenvalue weighted by Crippen LogP contribution is -2.40. The Morgan fingerprint density at radius 2 is 1.65 bits per heavy atom. The van der Waals surface area contributed by atoms with Crippen LogP contribution in [0.25, 0.3) is 22.3 Å². The Hall–Kier alpha value is -2.81. The Morgan fingerprint density at radius 3 is 2.35 bits per heavy atom. The van der Waals surface area contributed by atoms with Crippen LogP contribution in [0.2, 0.25) is 0 Å². The zero-order valence-electron chi connectivity index (χ0n) is 15.5. The van der Waals surface area contributed by atoms with Crippen molar-refractivity contribution >= 4 is 5.82 Å². The molecule has 0 aliphatic carbocycles. The summed E-state index contributed by atoms with van der Waals surface area (Å²) in [5.74, 6) is 0.930. The Bertz CT molecular complexity index is 999. The molecule has 4 rings (SSSR count). The highest BCUT2D eigenvalue weighted by Gasteiger charge is 2.29. The van der Waals surface area contributed by atoms with Crippen LogP contribution in [0.3, 0.4) is 0 Å². The number of rotatable bonds is 2. The second-order valence-corrected chi connectivity index (χ2v) is 7.96. The van der Waals surface area contributed by atoms with Crippen LogP contribution >= 0.6 is 0 Å². The van der Waals surface area contributed by atoms with E-state index in [1.807, 2.05) is 22.8 Å². The molecule has 3 heteroatoms. The summed E-state index contributed by atoms with van der Waals surface area (Å²) in [6, 6.07) is 20.5. The van der Waals surface area contributed by atoms with Crippen LogP contribution in [-0.4, -0.2) is 11.1 Å². The molecule has 0 atom stereocenters. The molecule has 0 saturated carbocycles. The predicted molar refractivity (Wildman–Crippen MR) is 109 cm³/mol. The highest BCUT2D eigenvalue weighted by molar-refractivity contribution is 5.90. The van der Waals surface area contributed by atoms with Gasteiger partial charge >= 0.3 is 0 Å². The first-order valence-electron chi connectivity index (χ1n) is 9.09. The van der Waals surface area contributed by atoms with E-state index in [2.05, 4.69) is 62.5 Å². The Kier molecular flexibility index (Phi) is 3.95. The number of benzene rings is 2. The lowest BCUT2D eigenvalue weighted by atomic mass is 9.89. The topological polar surface area (TPSA) is 34.0 Å². The SMILES string of the molecule is Cc1ccc(-c2c(-c3ccccc3)cc(=O)n3c2NCC(C)(C)C3)cc1. The largest absolute Gasteiger partial charge is 0.370 e. The van der Waals surface area contributed by atoms with Crippen LogP contribution in [0.1, 0.15) is 19.4 Å². The average molecular weight is 344 g/mol. The van der Waals surface area contributed by atoms with Gasteiger partial charge in [-0.3, -0.25) is 9.36 Å². The number of aromatic nitrogens is 1. The molecule has 2 heterocycles. The molecule has 1 aliphatic rings. The van der Waals surface area contributed by atoms with Crippen molar-refractivity contribution in [1.29, 1.82) is 0 Å². The first-order valence-corrected chi connectivity index (χ1v) is 9.09. The molecular formula is C23H24N2O. The Labute approximate surface area is 154 Å². The van der Waals surface area contributed by atoms with Crippen molar-refractivity contribution in [3.8, 4) is 22.3 Å². The van der Waals surface area contributed by atoms with Gasteiger partial charge in [0.15, 0.2) is 0 Å². The molecule has 26 heavy (non-hydrogen) atoms. The van der Waals surface area contributed by atoms with Crippen molar-refractivity contribution < 1.29 is 0 Å². The van der Waals surface area contributed by atoms with Crippen molar-refractivity contribution in [1.82, 2.24) is 4.57 Å². The van der Waals surface area contributed by atoms with E-state index in [1.54, 1.807) is 6.07 Å². The zero-order valence-corrected chi connectivity index (χ0v) is 15.5. The molecule has 1 N–H and O–H groups in total. The highest BCUT2D eigenvalue weighted by Crippen LogP contribution is 2.39. The third kappa shape index (κ3) is 2.94. The standard InChI is InChI=1S/C23H24N2O/c1-16-9-11-18(12-10-16)21-19(17-7-5-4-6-8-17)13-20(26)25-15-23(2,3)14-24-22(21)25/h4-13,24H,14-15H2,1-3H3. The fraction of sp³-hybridized carbons (Fsp3) is 0.261. The number of anilines is 1. The van der Waals surface area contributed by atoms with E-state index in [0.717, 1.165) is 41.2 Å². The molecule has 0 saturated heterocycles. The van der Waals surface area contributed by atoms with E-state index in [9.17, 15) is 4.79 Å². The van der Waals surface area contributed by atoms with Crippen LogP contribution in [0.4, 0.5) is 5.82 Å². The monoisotopic (exact) mass is 344 g/mol. The number of hydrogen-bond acceptors (Lipinski definition) is 2. The molecule has 3 nitrogen and oxygen atoms in total. The second kappa shape index (κ2) is 6.17. The van der Waals surface area contributed by atoms with Gasteiger partial charge in [-0.2, -0.15) is 0 Å². The number of nitrogens with one attached hydrogen (secondary N) is 1. The number of aryl methyl sites for hydroxylation is 1. The average Bonchev–Trinajstić information content (AvgIpc) is 2.63. The van der Waals surface area contributed by atoms with Gasteiger partial charge in [0.2, 0.25) is 0 Å². The lowest BCUT2D eigenvalue weighted by Gasteiger charge is -2.35. The van der Waals surface area contributed by atoms with Gasteiger partial charge in [0.25, 0.3) is 5.56 Å². The predicted octanol–water partition coefficient (Wildman–Crippen LogP) is 4.94. The van der Waals surface area contributed by atoms with Gasteiger partial charge in [-0.05, 0) is 23.6 Å². The third-order valence-electron chi connectivity index (χ3n) is 5.06.